The SMILES string of the molecule is COCC(=O)Nc1ccc(Oc2ccc(C#N)cc2OC)cc1. The number of amides is 1. The van der Waals surface area contributed by atoms with Crippen molar-refractivity contribution in [1.29, 1.82) is 5.26 Å². The lowest BCUT2D eigenvalue weighted by atomic mass is 10.2. The van der Waals surface area contributed by atoms with E-state index in [1.807, 2.05) is 6.07 Å². The van der Waals surface area contributed by atoms with Crippen LogP contribution in [0.3, 0.4) is 0 Å². The highest BCUT2D eigenvalue weighted by atomic mass is 16.5. The summed E-state index contributed by atoms with van der Waals surface area (Å²) in [6.07, 6.45) is 0. The first-order valence-corrected chi connectivity index (χ1v) is 6.81. The Balaban J connectivity index is 2.09. The maximum atomic E-state index is 11.4. The van der Waals surface area contributed by atoms with E-state index in [-0.39, 0.29) is 12.5 Å². The van der Waals surface area contributed by atoms with Gasteiger partial charge in [-0.25, -0.2) is 0 Å². The monoisotopic (exact) mass is 312 g/mol. The summed E-state index contributed by atoms with van der Waals surface area (Å²) in [7, 11) is 2.97. The van der Waals surface area contributed by atoms with Crippen molar-refractivity contribution in [2.75, 3.05) is 26.1 Å². The molecule has 6 nitrogen and oxygen atoms in total. The van der Waals surface area contributed by atoms with Crippen LogP contribution in [0.4, 0.5) is 5.69 Å². The van der Waals surface area contributed by atoms with Gasteiger partial charge < -0.3 is 19.5 Å². The highest BCUT2D eigenvalue weighted by Gasteiger charge is 2.07. The predicted molar refractivity (Wildman–Crippen MR) is 84.7 cm³/mol. The second kappa shape index (κ2) is 7.82. The number of methoxy groups -OCH3 is 2. The van der Waals surface area contributed by atoms with Crippen LogP contribution < -0.4 is 14.8 Å². The number of carbonyl (C=O) groups is 1. The summed E-state index contributed by atoms with van der Waals surface area (Å²) in [5, 5.41) is 11.6. The Labute approximate surface area is 134 Å². The first-order chi connectivity index (χ1) is 11.2. The summed E-state index contributed by atoms with van der Waals surface area (Å²) in [5.41, 5.74) is 1.14. The molecule has 0 atom stereocenters. The molecule has 0 saturated carbocycles. The van der Waals surface area contributed by atoms with Gasteiger partial charge in [0.25, 0.3) is 0 Å². The van der Waals surface area contributed by atoms with Crippen LogP contribution in [0.2, 0.25) is 0 Å². The first kappa shape index (κ1) is 16.3. The average molecular weight is 312 g/mol. The van der Waals surface area contributed by atoms with Gasteiger partial charge in [0.15, 0.2) is 11.5 Å². The van der Waals surface area contributed by atoms with Crippen LogP contribution >= 0.6 is 0 Å². The van der Waals surface area contributed by atoms with Gasteiger partial charge in [0, 0.05) is 18.9 Å². The molecular weight excluding hydrogens is 296 g/mol. The Morgan fingerprint density at radius 2 is 1.87 bits per heavy atom. The van der Waals surface area contributed by atoms with Gasteiger partial charge in [0.05, 0.1) is 18.7 Å². The van der Waals surface area contributed by atoms with Crippen LogP contribution in [0.1, 0.15) is 5.56 Å². The van der Waals surface area contributed by atoms with E-state index in [1.54, 1.807) is 42.5 Å². The zero-order valence-electron chi connectivity index (χ0n) is 12.8. The molecule has 118 valence electrons. The van der Waals surface area contributed by atoms with Crippen LogP contribution in [-0.2, 0) is 9.53 Å². The number of rotatable bonds is 6. The highest BCUT2D eigenvalue weighted by Crippen LogP contribution is 2.32. The number of nitrogens with one attached hydrogen (secondary N) is 1. The molecule has 0 unspecified atom stereocenters. The number of hydrogen-bond donors (Lipinski definition) is 1. The van der Waals surface area contributed by atoms with E-state index in [9.17, 15) is 4.79 Å². The summed E-state index contributed by atoms with van der Waals surface area (Å²) < 4.78 is 15.7. The number of anilines is 1. The van der Waals surface area contributed by atoms with Crippen molar-refractivity contribution < 1.29 is 19.0 Å². The molecule has 0 heterocycles. The fraction of sp³-hybridized carbons (Fsp3) is 0.176. The molecule has 0 aliphatic rings. The van der Waals surface area contributed by atoms with E-state index < -0.39 is 0 Å². The quantitative estimate of drug-likeness (QED) is 0.887. The maximum absolute atomic E-state index is 11.4. The van der Waals surface area contributed by atoms with Crippen LogP contribution in [0.25, 0.3) is 0 Å². The molecule has 0 saturated heterocycles. The summed E-state index contributed by atoms with van der Waals surface area (Å²) in [6.45, 7) is 0.000686. The minimum atomic E-state index is -0.227. The second-order valence-electron chi connectivity index (χ2n) is 4.59. The molecule has 0 aliphatic heterocycles. The van der Waals surface area contributed by atoms with E-state index in [4.69, 9.17) is 19.5 Å². The number of carbonyl (C=O) groups excluding carboxylic acids is 1. The normalized spacial score (nSPS) is 9.78. The topological polar surface area (TPSA) is 80.6 Å². The number of nitrogens with zero attached hydrogens (tertiary/aromatic N) is 1. The molecule has 2 rings (SSSR count). The number of nitriles is 1. The summed E-state index contributed by atoms with van der Waals surface area (Å²) in [6, 6.07) is 13.9. The lowest BCUT2D eigenvalue weighted by Gasteiger charge is -2.11. The molecule has 1 amide bonds. The predicted octanol–water partition coefficient (Wildman–Crippen LogP) is 2.94. The van der Waals surface area contributed by atoms with E-state index in [1.165, 1.54) is 14.2 Å². The van der Waals surface area contributed by atoms with E-state index in [0.29, 0.717) is 28.5 Å². The zero-order valence-corrected chi connectivity index (χ0v) is 12.8. The van der Waals surface area contributed by atoms with Crippen molar-refractivity contribution >= 4 is 11.6 Å². The third-order valence-electron chi connectivity index (χ3n) is 2.93. The molecule has 1 N–H and O–H groups in total. The second-order valence-corrected chi connectivity index (χ2v) is 4.59. The lowest BCUT2D eigenvalue weighted by molar-refractivity contribution is -0.119. The Morgan fingerprint density at radius 3 is 2.48 bits per heavy atom. The van der Waals surface area contributed by atoms with Gasteiger partial charge in [-0.05, 0) is 36.4 Å². The fourth-order valence-electron chi connectivity index (χ4n) is 1.88. The van der Waals surface area contributed by atoms with Crippen molar-refractivity contribution in [2.24, 2.45) is 0 Å². The molecule has 2 aromatic rings. The number of hydrogen-bond acceptors (Lipinski definition) is 5. The molecule has 23 heavy (non-hydrogen) atoms. The Kier molecular flexibility index (Phi) is 5.56. The minimum absolute atomic E-state index is 0.000686. The van der Waals surface area contributed by atoms with Crippen LogP contribution in [0, 0.1) is 11.3 Å². The van der Waals surface area contributed by atoms with Gasteiger partial charge in [-0.1, -0.05) is 0 Å². The highest BCUT2D eigenvalue weighted by molar-refractivity contribution is 5.91. The molecule has 0 aliphatic carbocycles. The van der Waals surface area contributed by atoms with Gasteiger partial charge >= 0.3 is 0 Å². The minimum Gasteiger partial charge on any atom is -0.493 e. The van der Waals surface area contributed by atoms with Crippen molar-refractivity contribution in [3.8, 4) is 23.3 Å². The smallest absolute Gasteiger partial charge is 0.250 e. The number of benzene rings is 2. The van der Waals surface area contributed by atoms with E-state index in [0.717, 1.165) is 0 Å². The Morgan fingerprint density at radius 1 is 1.13 bits per heavy atom. The Hall–Kier alpha value is -3.04. The molecule has 0 radical (unpaired) electrons. The van der Waals surface area contributed by atoms with Crippen LogP contribution in [-0.4, -0.2) is 26.7 Å². The van der Waals surface area contributed by atoms with Crippen molar-refractivity contribution in [3.63, 3.8) is 0 Å². The molecule has 0 bridgehead atoms. The lowest BCUT2D eigenvalue weighted by Crippen LogP contribution is -2.16. The van der Waals surface area contributed by atoms with Crippen molar-refractivity contribution in [2.45, 2.75) is 0 Å². The van der Waals surface area contributed by atoms with Gasteiger partial charge in [0.1, 0.15) is 12.4 Å². The third-order valence-corrected chi connectivity index (χ3v) is 2.93. The summed E-state index contributed by atoms with van der Waals surface area (Å²) in [4.78, 5) is 11.4. The molecule has 2 aromatic carbocycles. The van der Waals surface area contributed by atoms with Crippen LogP contribution in [0.15, 0.2) is 42.5 Å². The average Bonchev–Trinajstić information content (AvgIpc) is 2.57. The van der Waals surface area contributed by atoms with Gasteiger partial charge in [-0.2, -0.15) is 5.26 Å². The standard InChI is InChI=1S/C17H16N2O4/c1-21-11-17(20)19-13-4-6-14(7-5-13)23-15-8-3-12(10-18)9-16(15)22-2/h3-9H,11H2,1-2H3,(H,19,20). The Bertz CT molecular complexity index is 720. The summed E-state index contributed by atoms with van der Waals surface area (Å²) in [5.74, 6) is 1.33. The number of ether oxygens (including phenoxy) is 3. The molecule has 0 spiro atoms. The van der Waals surface area contributed by atoms with E-state index >= 15 is 0 Å². The molecular formula is C17H16N2O4. The van der Waals surface area contributed by atoms with Gasteiger partial charge in [-0.3, -0.25) is 4.79 Å². The van der Waals surface area contributed by atoms with Gasteiger partial charge in [-0.15, -0.1) is 0 Å². The maximum Gasteiger partial charge on any atom is 0.250 e. The zero-order chi connectivity index (χ0) is 16.7. The molecule has 6 heteroatoms. The third kappa shape index (κ3) is 4.46. The first-order valence-electron chi connectivity index (χ1n) is 6.81. The molecule has 0 fully saturated rings. The van der Waals surface area contributed by atoms with Crippen molar-refractivity contribution in [1.82, 2.24) is 0 Å². The molecule has 0 aromatic heterocycles. The van der Waals surface area contributed by atoms with E-state index in [2.05, 4.69) is 5.32 Å². The van der Waals surface area contributed by atoms with Gasteiger partial charge in [0.2, 0.25) is 5.91 Å². The van der Waals surface area contributed by atoms with Crippen LogP contribution in [0.5, 0.6) is 17.2 Å². The fourth-order valence-corrected chi connectivity index (χ4v) is 1.88. The summed E-state index contributed by atoms with van der Waals surface area (Å²) >= 11 is 0. The van der Waals surface area contributed by atoms with Crippen molar-refractivity contribution in [3.05, 3.63) is 48.0 Å². The largest absolute Gasteiger partial charge is 0.493 e.